The lowest BCUT2D eigenvalue weighted by Gasteiger charge is -2.27. The van der Waals surface area contributed by atoms with Gasteiger partial charge >= 0.3 is 6.03 Å². The molecule has 1 saturated heterocycles. The zero-order chi connectivity index (χ0) is 23.0. The van der Waals surface area contributed by atoms with E-state index in [0.29, 0.717) is 16.7 Å². The van der Waals surface area contributed by atoms with Crippen LogP contribution in [0.3, 0.4) is 0 Å². The van der Waals surface area contributed by atoms with E-state index in [4.69, 9.17) is 4.42 Å². The largest absolute Gasteiger partial charge is 0.453 e. The fourth-order valence-electron chi connectivity index (χ4n) is 4.47. The summed E-state index contributed by atoms with van der Waals surface area (Å²) in [6, 6.07) is 25.4. The molecule has 3 amide bonds. The summed E-state index contributed by atoms with van der Waals surface area (Å²) in [6.07, 6.45) is 0.275. The van der Waals surface area contributed by atoms with Gasteiger partial charge in [-0.15, -0.1) is 0 Å². The molecular formula is C27H22N2O4. The zero-order valence-corrected chi connectivity index (χ0v) is 18.1. The number of rotatable bonds is 6. The van der Waals surface area contributed by atoms with Crippen LogP contribution in [0.1, 0.15) is 27.2 Å². The van der Waals surface area contributed by atoms with E-state index in [0.717, 1.165) is 15.8 Å². The molecule has 0 radical (unpaired) electrons. The number of fused-ring (bicyclic) bond motifs is 1. The summed E-state index contributed by atoms with van der Waals surface area (Å²) in [7, 11) is 0. The number of hydrogen-bond donors (Lipinski definition) is 1. The van der Waals surface area contributed by atoms with Crippen molar-refractivity contribution >= 4 is 28.7 Å². The van der Waals surface area contributed by atoms with Crippen LogP contribution in [0.15, 0.2) is 89.3 Å². The average molecular weight is 438 g/mol. The van der Waals surface area contributed by atoms with Gasteiger partial charge in [0, 0.05) is 17.4 Å². The van der Waals surface area contributed by atoms with Gasteiger partial charge in [0.25, 0.3) is 5.91 Å². The van der Waals surface area contributed by atoms with Crippen molar-refractivity contribution in [3.05, 3.63) is 107 Å². The first-order valence-electron chi connectivity index (χ1n) is 10.7. The smallest absolute Gasteiger partial charge is 0.325 e. The fourth-order valence-corrected chi connectivity index (χ4v) is 4.47. The number of hydrogen-bond acceptors (Lipinski definition) is 4. The van der Waals surface area contributed by atoms with Crippen molar-refractivity contribution in [2.24, 2.45) is 0 Å². The number of ketones is 1. The minimum Gasteiger partial charge on any atom is -0.453 e. The van der Waals surface area contributed by atoms with Gasteiger partial charge in [0.2, 0.25) is 5.78 Å². The van der Waals surface area contributed by atoms with Crippen LogP contribution in [0, 0.1) is 6.92 Å². The maximum Gasteiger partial charge on any atom is 0.325 e. The van der Waals surface area contributed by atoms with Gasteiger partial charge in [-0.25, -0.2) is 4.79 Å². The predicted molar refractivity (Wildman–Crippen MR) is 124 cm³/mol. The number of para-hydroxylation sites is 1. The molecule has 0 aliphatic carbocycles. The highest BCUT2D eigenvalue weighted by molar-refractivity contribution is 6.12. The fraction of sp³-hybridized carbons (Fsp3) is 0.148. The van der Waals surface area contributed by atoms with Crippen LogP contribution in [-0.4, -0.2) is 29.2 Å². The molecule has 1 fully saturated rings. The number of amides is 3. The second-order valence-corrected chi connectivity index (χ2v) is 8.23. The van der Waals surface area contributed by atoms with Gasteiger partial charge in [-0.1, -0.05) is 78.9 Å². The van der Waals surface area contributed by atoms with Crippen molar-refractivity contribution in [3.8, 4) is 0 Å². The maximum atomic E-state index is 13.7. The molecule has 0 spiro atoms. The third kappa shape index (κ3) is 3.49. The van der Waals surface area contributed by atoms with E-state index in [9.17, 15) is 14.4 Å². The van der Waals surface area contributed by atoms with Gasteiger partial charge in [-0.2, -0.15) is 0 Å². The van der Waals surface area contributed by atoms with Crippen molar-refractivity contribution in [2.75, 3.05) is 6.54 Å². The molecule has 6 nitrogen and oxygen atoms in total. The Labute approximate surface area is 190 Å². The van der Waals surface area contributed by atoms with E-state index < -0.39 is 29.8 Å². The highest BCUT2D eigenvalue weighted by atomic mass is 16.3. The number of aryl methyl sites for hydroxylation is 1. The van der Waals surface area contributed by atoms with Crippen molar-refractivity contribution in [2.45, 2.75) is 18.9 Å². The minimum absolute atomic E-state index is 0.164. The summed E-state index contributed by atoms with van der Waals surface area (Å²) >= 11 is 0. The summed E-state index contributed by atoms with van der Waals surface area (Å²) in [5, 5.41) is 3.72. The highest BCUT2D eigenvalue weighted by Crippen LogP contribution is 2.33. The number of nitrogens with zero attached hydrogens (tertiary/aromatic N) is 1. The summed E-state index contributed by atoms with van der Waals surface area (Å²) in [6.45, 7) is 1.41. The van der Waals surface area contributed by atoms with E-state index in [-0.39, 0.29) is 12.2 Å². The first kappa shape index (κ1) is 20.7. The molecule has 1 aromatic heterocycles. The van der Waals surface area contributed by atoms with Crippen LogP contribution in [0.5, 0.6) is 0 Å². The lowest BCUT2D eigenvalue weighted by atomic mass is 9.83. The Morgan fingerprint density at radius 3 is 2.24 bits per heavy atom. The molecule has 3 aromatic carbocycles. The molecule has 1 N–H and O–H groups in total. The van der Waals surface area contributed by atoms with E-state index in [1.807, 2.05) is 78.9 Å². The first-order chi connectivity index (χ1) is 16.0. The van der Waals surface area contributed by atoms with E-state index in [2.05, 4.69) is 5.32 Å². The molecule has 4 aromatic rings. The van der Waals surface area contributed by atoms with Gasteiger partial charge in [0.1, 0.15) is 5.58 Å². The number of nitrogens with one attached hydrogen (secondary N) is 1. The van der Waals surface area contributed by atoms with Gasteiger partial charge in [0.15, 0.2) is 11.3 Å². The molecule has 164 valence electrons. The molecule has 33 heavy (non-hydrogen) atoms. The molecule has 6 heteroatoms. The van der Waals surface area contributed by atoms with Crippen LogP contribution in [0.4, 0.5) is 4.79 Å². The van der Waals surface area contributed by atoms with Crippen LogP contribution < -0.4 is 5.32 Å². The molecule has 0 bridgehead atoms. The van der Waals surface area contributed by atoms with Crippen LogP contribution >= 0.6 is 0 Å². The zero-order valence-electron chi connectivity index (χ0n) is 18.1. The molecule has 0 unspecified atom stereocenters. The SMILES string of the molecule is Cc1c(C(=O)CN2C(=O)N[C@@](Cc3ccccc3)(c3ccccc3)C2=O)oc2ccccc12. The minimum atomic E-state index is -1.29. The third-order valence-corrected chi connectivity index (χ3v) is 6.15. The van der Waals surface area contributed by atoms with Crippen molar-refractivity contribution in [1.29, 1.82) is 0 Å². The Kier molecular flexibility index (Phi) is 5.05. The summed E-state index contributed by atoms with van der Waals surface area (Å²) in [5.74, 6) is -0.711. The molecule has 1 atom stereocenters. The third-order valence-electron chi connectivity index (χ3n) is 6.15. The van der Waals surface area contributed by atoms with E-state index >= 15 is 0 Å². The van der Waals surface area contributed by atoms with Gasteiger partial charge in [0.05, 0.1) is 6.54 Å². The normalized spacial score (nSPS) is 18.0. The number of carbonyl (C=O) groups is 3. The van der Waals surface area contributed by atoms with Gasteiger partial charge < -0.3 is 9.73 Å². The lowest BCUT2D eigenvalue weighted by Crippen LogP contribution is -2.46. The molecule has 0 saturated carbocycles. The van der Waals surface area contributed by atoms with E-state index in [1.54, 1.807) is 13.0 Å². The number of benzene rings is 3. The number of Topliss-reactive ketones (excluding diaryl/α,β-unsaturated/α-hetero) is 1. The standard InChI is InChI=1S/C27H22N2O4/c1-18-21-14-8-9-15-23(21)33-24(18)22(30)17-29-25(31)27(28-26(29)32,20-12-6-3-7-13-20)16-19-10-4-2-5-11-19/h2-15H,16-17H2,1H3,(H,28,32)/t27-/m0/s1. The Bertz CT molecular complexity index is 1360. The summed E-state index contributed by atoms with van der Waals surface area (Å²) < 4.78 is 5.75. The quantitative estimate of drug-likeness (QED) is 0.352. The molecule has 1 aliphatic heterocycles. The molecular weight excluding hydrogens is 416 g/mol. The number of urea groups is 1. The van der Waals surface area contributed by atoms with Crippen molar-refractivity contribution < 1.29 is 18.8 Å². The Balaban J connectivity index is 1.49. The Morgan fingerprint density at radius 1 is 0.909 bits per heavy atom. The number of carbonyl (C=O) groups excluding carboxylic acids is 3. The molecule has 2 heterocycles. The van der Waals surface area contributed by atoms with Crippen LogP contribution in [0.25, 0.3) is 11.0 Å². The highest BCUT2D eigenvalue weighted by Gasteiger charge is 2.52. The van der Waals surface area contributed by atoms with Gasteiger partial charge in [-0.05, 0) is 24.1 Å². The summed E-state index contributed by atoms with van der Waals surface area (Å²) in [4.78, 5) is 40.8. The topological polar surface area (TPSA) is 79.6 Å². The molecule has 5 rings (SSSR count). The first-order valence-corrected chi connectivity index (χ1v) is 10.7. The van der Waals surface area contributed by atoms with E-state index in [1.165, 1.54) is 0 Å². The molecule has 1 aliphatic rings. The number of furan rings is 1. The summed E-state index contributed by atoms with van der Waals surface area (Å²) in [5.41, 5.74) is 1.57. The predicted octanol–water partition coefficient (Wildman–Crippen LogP) is 4.61. The Hall–Kier alpha value is -4.19. The monoisotopic (exact) mass is 438 g/mol. The second-order valence-electron chi connectivity index (χ2n) is 8.23. The van der Waals surface area contributed by atoms with Crippen LogP contribution in [-0.2, 0) is 16.8 Å². The average Bonchev–Trinajstić information content (AvgIpc) is 3.30. The van der Waals surface area contributed by atoms with Crippen LogP contribution in [0.2, 0.25) is 0 Å². The number of imide groups is 1. The van der Waals surface area contributed by atoms with Gasteiger partial charge in [-0.3, -0.25) is 14.5 Å². The van der Waals surface area contributed by atoms with Crippen molar-refractivity contribution in [1.82, 2.24) is 10.2 Å². The Morgan fingerprint density at radius 2 is 1.55 bits per heavy atom. The maximum absolute atomic E-state index is 13.7. The lowest BCUT2D eigenvalue weighted by molar-refractivity contribution is -0.131. The second kappa shape index (κ2) is 8.06. The van der Waals surface area contributed by atoms with Crippen molar-refractivity contribution in [3.63, 3.8) is 0 Å².